The minimum atomic E-state index is -0.487. The maximum atomic E-state index is 13.0. The van der Waals surface area contributed by atoms with Gasteiger partial charge in [0.25, 0.3) is 5.91 Å². The quantitative estimate of drug-likeness (QED) is 0.713. The summed E-state index contributed by atoms with van der Waals surface area (Å²) < 4.78 is 5.31. The van der Waals surface area contributed by atoms with E-state index < -0.39 is 5.91 Å². The van der Waals surface area contributed by atoms with E-state index in [0.717, 1.165) is 23.0 Å². The Morgan fingerprint density at radius 2 is 1.97 bits per heavy atom. The average Bonchev–Trinajstić information content (AvgIpc) is 3.22. The van der Waals surface area contributed by atoms with Gasteiger partial charge >= 0.3 is 0 Å². The van der Waals surface area contributed by atoms with Gasteiger partial charge in [-0.3, -0.25) is 14.6 Å². The van der Waals surface area contributed by atoms with E-state index in [1.165, 1.54) is 7.11 Å². The van der Waals surface area contributed by atoms with Crippen LogP contribution in [0.25, 0.3) is 10.9 Å². The van der Waals surface area contributed by atoms with Crippen molar-refractivity contribution in [3.63, 3.8) is 0 Å². The van der Waals surface area contributed by atoms with Crippen LogP contribution in [0.2, 0.25) is 5.02 Å². The van der Waals surface area contributed by atoms with E-state index in [9.17, 15) is 9.59 Å². The van der Waals surface area contributed by atoms with Gasteiger partial charge in [-0.1, -0.05) is 29.8 Å². The van der Waals surface area contributed by atoms with Gasteiger partial charge in [0, 0.05) is 35.1 Å². The van der Waals surface area contributed by atoms with Gasteiger partial charge in [0.1, 0.15) is 5.75 Å². The number of hydrogen-bond donors (Lipinski definition) is 1. The first-order chi connectivity index (χ1) is 14.0. The van der Waals surface area contributed by atoms with Crippen molar-refractivity contribution < 1.29 is 14.3 Å². The lowest BCUT2D eigenvalue weighted by atomic mass is 9.99. The average molecular weight is 410 g/mol. The van der Waals surface area contributed by atoms with Gasteiger partial charge in [-0.15, -0.1) is 0 Å². The Morgan fingerprint density at radius 3 is 2.72 bits per heavy atom. The van der Waals surface area contributed by atoms with E-state index in [1.807, 2.05) is 24.3 Å². The zero-order valence-electron chi connectivity index (χ0n) is 15.9. The van der Waals surface area contributed by atoms with Crippen LogP contribution in [0.15, 0.2) is 48.5 Å². The van der Waals surface area contributed by atoms with Gasteiger partial charge < -0.3 is 15.4 Å². The number of likely N-dealkylation sites (tertiary alicyclic amines) is 1. The van der Waals surface area contributed by atoms with Crippen molar-refractivity contribution in [1.29, 1.82) is 0 Å². The molecule has 2 heterocycles. The molecule has 2 aromatic carbocycles. The van der Waals surface area contributed by atoms with Crippen LogP contribution in [0.4, 0.5) is 0 Å². The summed E-state index contributed by atoms with van der Waals surface area (Å²) in [5.74, 6) is -0.114. The molecular formula is C22H20ClN3O3. The number of ether oxygens (including phenoxy) is 1. The van der Waals surface area contributed by atoms with Gasteiger partial charge in [0.2, 0.25) is 5.91 Å². The molecule has 0 bridgehead atoms. The lowest BCUT2D eigenvalue weighted by molar-refractivity contribution is 0.0787. The second-order valence-electron chi connectivity index (χ2n) is 7.06. The molecule has 6 nitrogen and oxygen atoms in total. The van der Waals surface area contributed by atoms with Crippen molar-refractivity contribution >= 4 is 34.3 Å². The summed E-state index contributed by atoms with van der Waals surface area (Å²) in [5, 5.41) is 1.21. The number of para-hydroxylation sites is 1. The molecule has 7 heteroatoms. The summed E-state index contributed by atoms with van der Waals surface area (Å²) in [6, 6.07) is 14.2. The van der Waals surface area contributed by atoms with E-state index in [2.05, 4.69) is 0 Å². The molecule has 0 unspecified atom stereocenters. The van der Waals surface area contributed by atoms with E-state index in [4.69, 9.17) is 27.1 Å². The topological polar surface area (TPSA) is 85.5 Å². The summed E-state index contributed by atoms with van der Waals surface area (Å²) in [6.07, 6.45) is 0.748. The predicted octanol–water partition coefficient (Wildman–Crippen LogP) is 3.63. The lowest BCUT2D eigenvalue weighted by Crippen LogP contribution is -2.29. The molecule has 0 aliphatic carbocycles. The first-order valence-electron chi connectivity index (χ1n) is 9.30. The second-order valence-corrected chi connectivity index (χ2v) is 7.49. The number of nitrogens with two attached hydrogens (primary N) is 1. The first-order valence-corrected chi connectivity index (χ1v) is 9.68. The Bertz CT molecular complexity index is 1120. The van der Waals surface area contributed by atoms with E-state index in [-0.39, 0.29) is 11.8 Å². The summed E-state index contributed by atoms with van der Waals surface area (Å²) in [6.45, 7) is 1.08. The highest BCUT2D eigenvalue weighted by molar-refractivity contribution is 6.31. The molecule has 148 valence electrons. The molecule has 3 aromatic rings. The Hall–Kier alpha value is -3.12. The Morgan fingerprint density at radius 1 is 1.17 bits per heavy atom. The largest absolute Gasteiger partial charge is 0.496 e. The lowest BCUT2D eigenvalue weighted by Gasteiger charge is -2.18. The van der Waals surface area contributed by atoms with E-state index in [1.54, 1.807) is 29.2 Å². The molecule has 4 rings (SSSR count). The van der Waals surface area contributed by atoms with Gasteiger partial charge in [-0.2, -0.15) is 0 Å². The first kappa shape index (κ1) is 19.2. The standard InChI is InChI=1S/C22H20ClN3O3/c1-29-20-7-6-14(23)10-17(20)22(28)26-9-8-13(12-26)19-11-16(21(24)27)15-4-2-3-5-18(15)25-19/h2-7,10-11,13H,8-9,12H2,1H3,(H2,24,27)/t13-/m0/s1. The minimum absolute atomic E-state index is 0.0202. The summed E-state index contributed by atoms with van der Waals surface area (Å²) in [7, 11) is 1.52. The number of nitrogens with zero attached hydrogens (tertiary/aromatic N) is 2. The van der Waals surface area contributed by atoms with E-state index >= 15 is 0 Å². The molecule has 1 aromatic heterocycles. The molecule has 1 saturated heterocycles. The third-order valence-electron chi connectivity index (χ3n) is 5.29. The van der Waals surface area contributed by atoms with Gasteiger partial charge in [-0.05, 0) is 36.8 Å². The molecular weight excluding hydrogens is 390 g/mol. The second kappa shape index (κ2) is 7.72. The van der Waals surface area contributed by atoms with Crippen LogP contribution < -0.4 is 10.5 Å². The molecule has 1 fully saturated rings. The smallest absolute Gasteiger partial charge is 0.257 e. The zero-order chi connectivity index (χ0) is 20.5. The van der Waals surface area contributed by atoms with Crippen molar-refractivity contribution in [2.45, 2.75) is 12.3 Å². The number of aromatic nitrogens is 1. The SMILES string of the molecule is COc1ccc(Cl)cc1C(=O)N1CC[C@H](c2cc(C(N)=O)c3ccccc3n2)C1. The number of carbonyl (C=O) groups is 2. The summed E-state index contributed by atoms with van der Waals surface area (Å²) >= 11 is 6.07. The maximum absolute atomic E-state index is 13.0. The molecule has 2 N–H and O–H groups in total. The molecule has 29 heavy (non-hydrogen) atoms. The summed E-state index contributed by atoms with van der Waals surface area (Å²) in [4.78, 5) is 31.5. The highest BCUT2D eigenvalue weighted by Gasteiger charge is 2.31. The Labute approximate surface area is 173 Å². The number of hydrogen-bond acceptors (Lipinski definition) is 4. The monoisotopic (exact) mass is 409 g/mol. The molecule has 0 radical (unpaired) electrons. The van der Waals surface area contributed by atoms with Crippen molar-refractivity contribution in [1.82, 2.24) is 9.88 Å². The Kier molecular flexibility index (Phi) is 5.11. The maximum Gasteiger partial charge on any atom is 0.257 e. The number of halogens is 1. The molecule has 2 amide bonds. The van der Waals surface area contributed by atoms with Crippen molar-refractivity contribution in [3.05, 3.63) is 70.4 Å². The van der Waals surface area contributed by atoms with Crippen LogP contribution >= 0.6 is 11.6 Å². The van der Waals surface area contributed by atoms with Crippen molar-refractivity contribution in [2.24, 2.45) is 5.73 Å². The van der Waals surface area contributed by atoms with Crippen molar-refractivity contribution in [3.8, 4) is 5.75 Å². The Balaban J connectivity index is 1.63. The highest BCUT2D eigenvalue weighted by atomic mass is 35.5. The van der Waals surface area contributed by atoms with Gasteiger partial charge in [0.15, 0.2) is 0 Å². The molecule has 1 aliphatic heterocycles. The van der Waals surface area contributed by atoms with Crippen LogP contribution in [0.1, 0.15) is 38.7 Å². The summed E-state index contributed by atoms with van der Waals surface area (Å²) in [5.41, 5.74) is 7.96. The fourth-order valence-corrected chi connectivity index (χ4v) is 3.98. The van der Waals surface area contributed by atoms with Crippen LogP contribution in [-0.2, 0) is 0 Å². The van der Waals surface area contributed by atoms with Crippen molar-refractivity contribution in [2.75, 3.05) is 20.2 Å². The molecule has 1 aliphatic rings. The number of benzene rings is 2. The van der Waals surface area contributed by atoms with Gasteiger partial charge in [0.05, 0.1) is 23.8 Å². The van der Waals surface area contributed by atoms with E-state index in [0.29, 0.717) is 35.0 Å². The number of rotatable bonds is 4. The number of carbonyl (C=O) groups excluding carboxylic acids is 2. The van der Waals surface area contributed by atoms with Crippen LogP contribution in [0.3, 0.4) is 0 Å². The van der Waals surface area contributed by atoms with Crippen LogP contribution in [0, 0.1) is 0 Å². The number of fused-ring (bicyclic) bond motifs is 1. The fraction of sp³-hybridized carbons (Fsp3) is 0.227. The third-order valence-corrected chi connectivity index (χ3v) is 5.52. The fourth-order valence-electron chi connectivity index (χ4n) is 3.81. The number of primary amides is 1. The van der Waals surface area contributed by atoms with Crippen LogP contribution in [-0.4, -0.2) is 41.9 Å². The zero-order valence-corrected chi connectivity index (χ0v) is 16.6. The molecule has 0 spiro atoms. The number of amides is 2. The third kappa shape index (κ3) is 3.63. The molecule has 0 saturated carbocycles. The number of pyridine rings is 1. The number of methoxy groups -OCH3 is 1. The highest BCUT2D eigenvalue weighted by Crippen LogP contribution is 2.32. The minimum Gasteiger partial charge on any atom is -0.496 e. The molecule has 1 atom stereocenters. The van der Waals surface area contributed by atoms with Crippen LogP contribution in [0.5, 0.6) is 5.75 Å². The normalized spacial score (nSPS) is 16.2. The van der Waals surface area contributed by atoms with Gasteiger partial charge in [-0.25, -0.2) is 0 Å². The predicted molar refractivity (Wildman–Crippen MR) is 112 cm³/mol.